The number of amides is 1. The van der Waals surface area contributed by atoms with Crippen molar-refractivity contribution in [2.24, 2.45) is 5.41 Å². The molecule has 5 nitrogen and oxygen atoms in total. The maximum atomic E-state index is 12.7. The third-order valence-corrected chi connectivity index (χ3v) is 5.41. The Morgan fingerprint density at radius 2 is 2.45 bits per heavy atom. The van der Waals surface area contributed by atoms with Crippen molar-refractivity contribution in [2.45, 2.75) is 31.1 Å². The summed E-state index contributed by atoms with van der Waals surface area (Å²) in [5.74, 6) is 1.98. The van der Waals surface area contributed by atoms with Gasteiger partial charge in [0, 0.05) is 25.0 Å². The van der Waals surface area contributed by atoms with E-state index in [0.717, 1.165) is 50.4 Å². The van der Waals surface area contributed by atoms with Crippen molar-refractivity contribution in [3.05, 3.63) is 23.7 Å². The number of hydrogen-bond donors (Lipinski definition) is 2. The van der Waals surface area contributed by atoms with Crippen LogP contribution in [0.1, 0.15) is 35.6 Å². The van der Waals surface area contributed by atoms with E-state index in [1.54, 1.807) is 17.8 Å². The fourth-order valence-corrected chi connectivity index (χ4v) is 4.06. The fourth-order valence-electron chi connectivity index (χ4n) is 3.62. The van der Waals surface area contributed by atoms with E-state index in [-0.39, 0.29) is 17.4 Å². The summed E-state index contributed by atoms with van der Waals surface area (Å²) in [6, 6.07) is 3.64. The number of carbonyl (C=O) groups is 1. The van der Waals surface area contributed by atoms with Crippen LogP contribution in [-0.4, -0.2) is 54.5 Å². The van der Waals surface area contributed by atoms with Gasteiger partial charge in [0.15, 0.2) is 5.76 Å². The van der Waals surface area contributed by atoms with Crippen molar-refractivity contribution in [1.82, 2.24) is 10.2 Å². The topological polar surface area (TPSA) is 65.7 Å². The van der Waals surface area contributed by atoms with E-state index >= 15 is 0 Å². The van der Waals surface area contributed by atoms with Gasteiger partial charge in [0.1, 0.15) is 5.76 Å². The lowest BCUT2D eigenvalue weighted by atomic mass is 9.72. The molecular formula is C16H24N2O3S. The molecule has 122 valence electrons. The van der Waals surface area contributed by atoms with Gasteiger partial charge in [0.25, 0.3) is 5.91 Å². The van der Waals surface area contributed by atoms with Crippen LogP contribution in [0.2, 0.25) is 0 Å². The van der Waals surface area contributed by atoms with Crippen molar-refractivity contribution in [3.8, 4) is 0 Å². The second-order valence-corrected chi connectivity index (χ2v) is 7.24. The summed E-state index contributed by atoms with van der Waals surface area (Å²) in [4.78, 5) is 14.5. The molecule has 3 heterocycles. The van der Waals surface area contributed by atoms with Crippen LogP contribution >= 0.6 is 11.8 Å². The lowest BCUT2D eigenvalue weighted by molar-refractivity contribution is -0.0438. The zero-order valence-electron chi connectivity index (χ0n) is 13.0. The predicted octanol–water partition coefficient (Wildman–Crippen LogP) is 1.72. The number of aliphatic hydroxyl groups is 1. The largest absolute Gasteiger partial charge is 0.455 e. The molecular weight excluding hydrogens is 300 g/mol. The Labute approximate surface area is 135 Å². The highest BCUT2D eigenvalue weighted by Gasteiger charge is 2.44. The van der Waals surface area contributed by atoms with Gasteiger partial charge >= 0.3 is 0 Å². The van der Waals surface area contributed by atoms with Gasteiger partial charge in [-0.3, -0.25) is 4.79 Å². The second kappa shape index (κ2) is 6.64. The molecule has 2 aliphatic heterocycles. The molecule has 2 fully saturated rings. The van der Waals surface area contributed by atoms with E-state index in [4.69, 9.17) is 4.42 Å². The normalized spacial score (nSPS) is 29.0. The van der Waals surface area contributed by atoms with E-state index < -0.39 is 0 Å². The minimum Gasteiger partial charge on any atom is -0.455 e. The molecule has 0 unspecified atom stereocenters. The average molecular weight is 324 g/mol. The van der Waals surface area contributed by atoms with Crippen LogP contribution in [0, 0.1) is 5.41 Å². The Balaban J connectivity index is 1.72. The third-order valence-electron chi connectivity index (χ3n) is 4.83. The quantitative estimate of drug-likeness (QED) is 0.886. The summed E-state index contributed by atoms with van der Waals surface area (Å²) in [7, 11) is 0. The summed E-state index contributed by atoms with van der Waals surface area (Å²) < 4.78 is 5.65. The zero-order chi connectivity index (χ0) is 15.6. The Hall–Kier alpha value is -0.980. The number of hydrogen-bond acceptors (Lipinski definition) is 5. The Morgan fingerprint density at radius 3 is 3.23 bits per heavy atom. The van der Waals surface area contributed by atoms with Crippen molar-refractivity contribution in [3.63, 3.8) is 0 Å². The van der Waals surface area contributed by atoms with Gasteiger partial charge in [-0.05, 0) is 44.2 Å². The summed E-state index contributed by atoms with van der Waals surface area (Å²) in [6.07, 6.45) is 4.35. The number of carbonyl (C=O) groups excluding carboxylic acids is 1. The highest BCUT2D eigenvalue weighted by molar-refractivity contribution is 7.97. The van der Waals surface area contributed by atoms with Gasteiger partial charge in [-0.25, -0.2) is 0 Å². The van der Waals surface area contributed by atoms with E-state index in [0.29, 0.717) is 12.3 Å². The number of likely N-dealkylation sites (tertiary alicyclic amines) is 1. The van der Waals surface area contributed by atoms with Gasteiger partial charge in [0.2, 0.25) is 0 Å². The van der Waals surface area contributed by atoms with Crippen LogP contribution in [0.15, 0.2) is 16.5 Å². The molecule has 2 aliphatic rings. The van der Waals surface area contributed by atoms with E-state index in [1.807, 2.05) is 17.2 Å². The van der Waals surface area contributed by atoms with E-state index in [2.05, 4.69) is 5.32 Å². The molecule has 2 atom stereocenters. The lowest BCUT2D eigenvalue weighted by Gasteiger charge is -2.48. The van der Waals surface area contributed by atoms with Crippen LogP contribution in [0.25, 0.3) is 0 Å². The third kappa shape index (κ3) is 3.05. The number of furan rings is 1. The molecule has 1 aromatic heterocycles. The molecule has 1 amide bonds. The Morgan fingerprint density at radius 1 is 1.59 bits per heavy atom. The highest BCUT2D eigenvalue weighted by Crippen LogP contribution is 2.36. The molecule has 0 aromatic carbocycles. The van der Waals surface area contributed by atoms with E-state index in [9.17, 15) is 9.90 Å². The van der Waals surface area contributed by atoms with Crippen molar-refractivity contribution in [1.29, 1.82) is 0 Å². The minimum absolute atomic E-state index is 0.0517. The van der Waals surface area contributed by atoms with Crippen LogP contribution in [-0.2, 0) is 5.75 Å². The number of nitrogens with zero attached hydrogens (tertiary/aromatic N) is 1. The molecule has 6 heteroatoms. The molecule has 0 bridgehead atoms. The smallest absolute Gasteiger partial charge is 0.289 e. The summed E-state index contributed by atoms with van der Waals surface area (Å²) in [5, 5.41) is 13.8. The number of piperidine rings is 2. The molecule has 2 N–H and O–H groups in total. The SMILES string of the molecule is CSCc1ccc(C(=O)N2CCC[C@]3(CNCC[C@@H]3O)C2)o1. The molecule has 0 radical (unpaired) electrons. The summed E-state index contributed by atoms with van der Waals surface area (Å²) >= 11 is 1.67. The molecule has 0 aliphatic carbocycles. The van der Waals surface area contributed by atoms with Gasteiger partial charge in [-0.1, -0.05) is 0 Å². The van der Waals surface area contributed by atoms with Crippen LogP contribution in [0.5, 0.6) is 0 Å². The molecule has 1 spiro atoms. The van der Waals surface area contributed by atoms with E-state index in [1.165, 1.54) is 0 Å². The predicted molar refractivity (Wildman–Crippen MR) is 87.0 cm³/mol. The molecule has 1 aromatic rings. The lowest BCUT2D eigenvalue weighted by Crippen LogP contribution is -2.58. The van der Waals surface area contributed by atoms with Crippen LogP contribution < -0.4 is 5.32 Å². The maximum absolute atomic E-state index is 12.7. The number of aliphatic hydroxyl groups excluding tert-OH is 1. The van der Waals surface area contributed by atoms with Crippen molar-refractivity contribution >= 4 is 17.7 Å². The van der Waals surface area contributed by atoms with Crippen LogP contribution in [0.4, 0.5) is 0 Å². The zero-order valence-corrected chi connectivity index (χ0v) is 13.8. The number of thioether (sulfide) groups is 1. The van der Waals surface area contributed by atoms with Gasteiger partial charge in [0.05, 0.1) is 11.9 Å². The first-order chi connectivity index (χ1) is 10.6. The number of rotatable bonds is 3. The van der Waals surface area contributed by atoms with Gasteiger partial charge < -0.3 is 19.7 Å². The van der Waals surface area contributed by atoms with Crippen molar-refractivity contribution < 1.29 is 14.3 Å². The Kier molecular flexibility index (Phi) is 4.80. The summed E-state index contributed by atoms with van der Waals surface area (Å²) in [5.41, 5.74) is -0.194. The first-order valence-electron chi connectivity index (χ1n) is 7.90. The van der Waals surface area contributed by atoms with Crippen LogP contribution in [0.3, 0.4) is 0 Å². The molecule has 2 saturated heterocycles. The molecule has 0 saturated carbocycles. The molecule has 22 heavy (non-hydrogen) atoms. The van der Waals surface area contributed by atoms with Gasteiger partial charge in [-0.2, -0.15) is 11.8 Å². The summed E-state index contributed by atoms with van der Waals surface area (Å²) in [6.45, 7) is 2.99. The Bertz CT molecular complexity index is 529. The maximum Gasteiger partial charge on any atom is 0.289 e. The second-order valence-electron chi connectivity index (χ2n) is 6.37. The number of nitrogens with one attached hydrogen (secondary N) is 1. The van der Waals surface area contributed by atoms with Crippen molar-refractivity contribution in [2.75, 3.05) is 32.4 Å². The first-order valence-corrected chi connectivity index (χ1v) is 9.30. The minimum atomic E-state index is -0.326. The fraction of sp³-hybridized carbons (Fsp3) is 0.688. The monoisotopic (exact) mass is 324 g/mol. The molecule has 3 rings (SSSR count). The first kappa shape index (κ1) is 15.9. The average Bonchev–Trinajstić information content (AvgIpc) is 2.99. The highest BCUT2D eigenvalue weighted by atomic mass is 32.2. The van der Waals surface area contributed by atoms with Gasteiger partial charge in [-0.15, -0.1) is 0 Å². The standard InChI is InChI=1S/C16H24N2O3S/c1-22-9-12-3-4-13(21-12)15(20)18-8-2-6-16(11-18)10-17-7-5-14(16)19/h3-4,14,17,19H,2,5-11H2,1H3/t14-,16-/m0/s1.